The maximum atomic E-state index is 11.1. The zero-order chi connectivity index (χ0) is 15.6. The molecular weight excluding hydrogens is 276 g/mol. The SMILES string of the molecule is CCCCCCCCC=CCCCCCCCC(=O)SC. The van der Waals surface area contributed by atoms with Crippen LogP contribution in [0.15, 0.2) is 12.2 Å². The number of carbonyl (C=O) groups excluding carboxylic acids is 1. The van der Waals surface area contributed by atoms with Crippen LogP contribution < -0.4 is 0 Å². The molecule has 0 aliphatic rings. The molecule has 0 unspecified atom stereocenters. The van der Waals surface area contributed by atoms with Crippen LogP contribution >= 0.6 is 11.8 Å². The van der Waals surface area contributed by atoms with Crippen LogP contribution in [0.2, 0.25) is 0 Å². The first-order valence-corrected chi connectivity index (χ1v) is 10.3. The van der Waals surface area contributed by atoms with Crippen molar-refractivity contribution in [2.75, 3.05) is 6.26 Å². The number of rotatable bonds is 15. The standard InChI is InChI=1S/C19H36OS/c1-3-4-5-6-7-8-9-10-11-12-13-14-15-16-17-18-19(20)21-2/h10-11H,3-9,12-18H2,1-2H3. The van der Waals surface area contributed by atoms with Crippen molar-refractivity contribution in [2.45, 2.75) is 96.8 Å². The molecule has 0 rings (SSSR count). The molecule has 0 aromatic rings. The monoisotopic (exact) mass is 312 g/mol. The molecule has 1 nitrogen and oxygen atoms in total. The summed E-state index contributed by atoms with van der Waals surface area (Å²) in [5.41, 5.74) is 0. The lowest BCUT2D eigenvalue weighted by atomic mass is 10.1. The van der Waals surface area contributed by atoms with Crippen molar-refractivity contribution in [3.8, 4) is 0 Å². The van der Waals surface area contributed by atoms with Gasteiger partial charge in [0.15, 0.2) is 5.12 Å². The van der Waals surface area contributed by atoms with Gasteiger partial charge in [-0.1, -0.05) is 82.2 Å². The molecule has 0 heterocycles. The Labute approximate surface area is 137 Å². The average Bonchev–Trinajstić information content (AvgIpc) is 2.50. The molecule has 0 spiro atoms. The van der Waals surface area contributed by atoms with E-state index in [1.165, 1.54) is 88.8 Å². The molecule has 0 radical (unpaired) electrons. The molecule has 21 heavy (non-hydrogen) atoms. The van der Waals surface area contributed by atoms with Crippen molar-refractivity contribution in [1.29, 1.82) is 0 Å². The first-order valence-electron chi connectivity index (χ1n) is 9.03. The third-order valence-electron chi connectivity index (χ3n) is 3.87. The third kappa shape index (κ3) is 17.7. The molecule has 0 aromatic heterocycles. The predicted octanol–water partition coefficient (Wildman–Crippen LogP) is 6.91. The number of hydrogen-bond acceptors (Lipinski definition) is 2. The molecule has 2 heteroatoms. The Balaban J connectivity index is 3.10. The zero-order valence-electron chi connectivity index (χ0n) is 14.4. The summed E-state index contributed by atoms with van der Waals surface area (Å²) >= 11 is 1.36. The predicted molar refractivity (Wildman–Crippen MR) is 98.0 cm³/mol. The van der Waals surface area contributed by atoms with Gasteiger partial charge in [0.1, 0.15) is 0 Å². The fraction of sp³-hybridized carbons (Fsp3) is 0.842. The smallest absolute Gasteiger partial charge is 0.188 e. The first kappa shape index (κ1) is 20.8. The van der Waals surface area contributed by atoms with E-state index in [1.807, 2.05) is 6.26 Å². The van der Waals surface area contributed by atoms with Crippen molar-refractivity contribution < 1.29 is 4.79 Å². The highest BCUT2D eigenvalue weighted by Crippen LogP contribution is 2.11. The fourth-order valence-corrected chi connectivity index (χ4v) is 2.79. The van der Waals surface area contributed by atoms with Crippen molar-refractivity contribution in [1.82, 2.24) is 0 Å². The van der Waals surface area contributed by atoms with Crippen LogP contribution in [0, 0.1) is 0 Å². The molecule has 0 aromatic carbocycles. The number of unbranched alkanes of at least 4 members (excludes halogenated alkanes) is 11. The minimum Gasteiger partial charge on any atom is -0.287 e. The van der Waals surface area contributed by atoms with Gasteiger partial charge in [0.05, 0.1) is 0 Å². The van der Waals surface area contributed by atoms with Crippen molar-refractivity contribution in [2.24, 2.45) is 0 Å². The topological polar surface area (TPSA) is 17.1 Å². The zero-order valence-corrected chi connectivity index (χ0v) is 15.2. The number of carbonyl (C=O) groups is 1. The summed E-state index contributed by atoms with van der Waals surface area (Å²) in [6.45, 7) is 2.27. The van der Waals surface area contributed by atoms with Gasteiger partial charge in [0.2, 0.25) is 0 Å². The van der Waals surface area contributed by atoms with Crippen LogP contribution in [0.4, 0.5) is 0 Å². The molecule has 0 bridgehead atoms. The molecule has 0 saturated carbocycles. The lowest BCUT2D eigenvalue weighted by molar-refractivity contribution is -0.111. The van der Waals surface area contributed by atoms with Gasteiger partial charge in [-0.2, -0.15) is 0 Å². The van der Waals surface area contributed by atoms with Gasteiger partial charge in [-0.15, -0.1) is 0 Å². The van der Waals surface area contributed by atoms with Crippen LogP contribution in [0.25, 0.3) is 0 Å². The fourth-order valence-electron chi connectivity index (χ4n) is 2.44. The van der Waals surface area contributed by atoms with Crippen molar-refractivity contribution in [3.63, 3.8) is 0 Å². The molecule has 0 aliphatic carbocycles. The maximum absolute atomic E-state index is 11.1. The molecule has 0 fully saturated rings. The minimum atomic E-state index is 0.340. The van der Waals surface area contributed by atoms with Crippen LogP contribution in [0.1, 0.15) is 96.8 Å². The molecule has 0 saturated heterocycles. The van der Waals surface area contributed by atoms with Gasteiger partial charge >= 0.3 is 0 Å². The lowest BCUT2D eigenvalue weighted by Crippen LogP contribution is -1.89. The normalized spacial score (nSPS) is 11.3. The van der Waals surface area contributed by atoms with Crippen LogP contribution in [-0.2, 0) is 4.79 Å². The molecule has 0 aliphatic heterocycles. The minimum absolute atomic E-state index is 0.340. The molecule has 0 atom stereocenters. The molecule has 0 N–H and O–H groups in total. The average molecular weight is 313 g/mol. The van der Waals surface area contributed by atoms with Gasteiger partial charge in [0, 0.05) is 6.42 Å². The van der Waals surface area contributed by atoms with Crippen molar-refractivity contribution >= 4 is 16.9 Å². The Morgan fingerprint density at radius 1 is 0.762 bits per heavy atom. The Hall–Kier alpha value is -0.240. The van der Waals surface area contributed by atoms with Gasteiger partial charge in [-0.3, -0.25) is 4.79 Å². The number of hydrogen-bond donors (Lipinski definition) is 0. The first-order chi connectivity index (χ1) is 10.3. The largest absolute Gasteiger partial charge is 0.287 e. The second-order valence-electron chi connectivity index (χ2n) is 5.91. The molecular formula is C19H36OS. The highest BCUT2D eigenvalue weighted by atomic mass is 32.2. The molecule has 124 valence electrons. The van der Waals surface area contributed by atoms with E-state index in [1.54, 1.807) is 0 Å². The van der Waals surface area contributed by atoms with Crippen LogP contribution in [0.5, 0.6) is 0 Å². The summed E-state index contributed by atoms with van der Waals surface area (Å²) in [6.07, 6.45) is 24.4. The van der Waals surface area contributed by atoms with E-state index in [2.05, 4.69) is 19.1 Å². The Bertz CT molecular complexity index is 248. The number of thioether (sulfide) groups is 1. The summed E-state index contributed by atoms with van der Waals surface area (Å²) in [5.74, 6) is 0. The van der Waals surface area contributed by atoms with E-state index in [4.69, 9.17) is 0 Å². The Morgan fingerprint density at radius 2 is 1.24 bits per heavy atom. The summed E-state index contributed by atoms with van der Waals surface area (Å²) in [7, 11) is 0. The van der Waals surface area contributed by atoms with E-state index in [9.17, 15) is 4.79 Å². The summed E-state index contributed by atoms with van der Waals surface area (Å²) in [6, 6.07) is 0. The van der Waals surface area contributed by atoms with E-state index in [0.717, 1.165) is 12.8 Å². The summed E-state index contributed by atoms with van der Waals surface area (Å²) < 4.78 is 0. The highest BCUT2D eigenvalue weighted by Gasteiger charge is 1.97. The van der Waals surface area contributed by atoms with E-state index < -0.39 is 0 Å². The third-order valence-corrected chi connectivity index (χ3v) is 4.53. The van der Waals surface area contributed by atoms with Crippen LogP contribution in [0.3, 0.4) is 0 Å². The van der Waals surface area contributed by atoms with E-state index in [0.29, 0.717) is 5.12 Å². The van der Waals surface area contributed by atoms with Crippen molar-refractivity contribution in [3.05, 3.63) is 12.2 Å². The quantitative estimate of drug-likeness (QED) is 0.241. The summed E-state index contributed by atoms with van der Waals surface area (Å²) in [5, 5.41) is 0.340. The van der Waals surface area contributed by atoms with Gasteiger partial charge in [-0.25, -0.2) is 0 Å². The number of allylic oxidation sites excluding steroid dienone is 2. The maximum Gasteiger partial charge on any atom is 0.188 e. The van der Waals surface area contributed by atoms with Gasteiger partial charge in [-0.05, 0) is 38.4 Å². The van der Waals surface area contributed by atoms with Gasteiger partial charge in [0.25, 0.3) is 0 Å². The van der Waals surface area contributed by atoms with Gasteiger partial charge < -0.3 is 0 Å². The second kappa shape index (κ2) is 17.8. The van der Waals surface area contributed by atoms with Crippen LogP contribution in [-0.4, -0.2) is 11.4 Å². The lowest BCUT2D eigenvalue weighted by Gasteiger charge is -1.99. The van der Waals surface area contributed by atoms with E-state index in [-0.39, 0.29) is 0 Å². The summed E-state index contributed by atoms with van der Waals surface area (Å²) in [4.78, 5) is 11.1. The second-order valence-corrected chi connectivity index (χ2v) is 6.77. The highest BCUT2D eigenvalue weighted by molar-refractivity contribution is 8.13. The molecule has 0 amide bonds. The Kier molecular flexibility index (Phi) is 17.6. The Morgan fingerprint density at radius 3 is 1.76 bits per heavy atom. The van der Waals surface area contributed by atoms with E-state index >= 15 is 0 Å².